The molecule has 0 unspecified atom stereocenters. The van der Waals surface area contributed by atoms with Crippen LogP contribution in [-0.2, 0) is 26.8 Å². The van der Waals surface area contributed by atoms with Gasteiger partial charge in [-0.2, -0.15) is 0 Å². The van der Waals surface area contributed by atoms with Crippen molar-refractivity contribution in [2.45, 2.75) is 58.8 Å². The van der Waals surface area contributed by atoms with Crippen LogP contribution in [0.1, 0.15) is 51.2 Å². The van der Waals surface area contributed by atoms with Crippen LogP contribution in [0.25, 0.3) is 0 Å². The standard InChI is InChI=1S/C25H36NO3P/c1-25(2,3)26-17-14-22(15-18-26)16-19-30(27,28-20-23-10-6-4-7-11-23)29-21-24-12-8-5-9-13-24/h4-13,22H,14-21H2,1-3H3. The van der Waals surface area contributed by atoms with E-state index < -0.39 is 7.60 Å². The highest BCUT2D eigenvalue weighted by atomic mass is 31.2. The Labute approximate surface area is 182 Å². The Morgan fingerprint density at radius 1 is 0.867 bits per heavy atom. The number of rotatable bonds is 9. The molecule has 1 heterocycles. The van der Waals surface area contributed by atoms with Crippen molar-refractivity contribution >= 4 is 7.60 Å². The molecule has 0 spiro atoms. The van der Waals surface area contributed by atoms with Crippen molar-refractivity contribution in [3.8, 4) is 0 Å². The summed E-state index contributed by atoms with van der Waals surface area (Å²) in [4.78, 5) is 2.54. The quantitative estimate of drug-likeness (QED) is 0.426. The Kier molecular flexibility index (Phi) is 8.30. The van der Waals surface area contributed by atoms with E-state index in [9.17, 15) is 4.57 Å². The summed E-state index contributed by atoms with van der Waals surface area (Å²) < 4.78 is 25.4. The Hall–Kier alpha value is -1.45. The van der Waals surface area contributed by atoms with E-state index in [1.54, 1.807) is 0 Å². The highest BCUT2D eigenvalue weighted by molar-refractivity contribution is 7.53. The molecule has 0 N–H and O–H groups in total. The molecule has 4 nitrogen and oxygen atoms in total. The molecule has 0 aliphatic carbocycles. The van der Waals surface area contributed by atoms with E-state index in [-0.39, 0.29) is 5.54 Å². The second-order valence-corrected chi connectivity index (χ2v) is 11.4. The van der Waals surface area contributed by atoms with Crippen molar-refractivity contribution in [1.29, 1.82) is 0 Å². The molecule has 5 heteroatoms. The van der Waals surface area contributed by atoms with E-state index in [0.717, 1.165) is 43.5 Å². The van der Waals surface area contributed by atoms with Crippen molar-refractivity contribution in [2.75, 3.05) is 19.3 Å². The molecule has 2 aromatic carbocycles. The summed E-state index contributed by atoms with van der Waals surface area (Å²) >= 11 is 0. The van der Waals surface area contributed by atoms with Crippen molar-refractivity contribution in [3.63, 3.8) is 0 Å². The zero-order chi connectivity index (χ0) is 21.5. The van der Waals surface area contributed by atoms with Gasteiger partial charge in [0, 0.05) is 5.54 Å². The summed E-state index contributed by atoms with van der Waals surface area (Å²) in [7, 11) is -3.18. The van der Waals surface area contributed by atoms with Gasteiger partial charge in [0.25, 0.3) is 0 Å². The molecule has 30 heavy (non-hydrogen) atoms. The first-order valence-electron chi connectivity index (χ1n) is 11.1. The van der Waals surface area contributed by atoms with Crippen LogP contribution in [0.5, 0.6) is 0 Å². The number of benzene rings is 2. The first kappa shape index (κ1) is 23.2. The van der Waals surface area contributed by atoms with Crippen LogP contribution in [0, 0.1) is 5.92 Å². The predicted octanol–water partition coefficient (Wildman–Crippen LogP) is 6.51. The Morgan fingerprint density at radius 2 is 1.33 bits per heavy atom. The van der Waals surface area contributed by atoms with Crippen LogP contribution in [0.2, 0.25) is 0 Å². The van der Waals surface area contributed by atoms with Gasteiger partial charge in [-0.25, -0.2) is 0 Å². The minimum atomic E-state index is -3.18. The summed E-state index contributed by atoms with van der Waals surface area (Å²) in [6, 6.07) is 19.8. The number of nitrogens with zero attached hydrogens (tertiary/aromatic N) is 1. The molecular formula is C25H36NO3P. The fourth-order valence-electron chi connectivity index (χ4n) is 3.89. The lowest BCUT2D eigenvalue weighted by molar-refractivity contribution is 0.0859. The molecule has 2 aromatic rings. The molecule has 0 saturated carbocycles. The SMILES string of the molecule is CC(C)(C)N1CCC(CCP(=O)(OCc2ccccc2)OCc2ccccc2)CC1. The normalized spacial score (nSPS) is 16.6. The second kappa shape index (κ2) is 10.7. The summed E-state index contributed by atoms with van der Waals surface area (Å²) in [6.45, 7) is 9.66. The van der Waals surface area contributed by atoms with Gasteiger partial charge in [0.05, 0.1) is 19.4 Å². The van der Waals surface area contributed by atoms with Crippen molar-refractivity contribution < 1.29 is 13.6 Å². The van der Waals surface area contributed by atoms with Crippen molar-refractivity contribution in [2.24, 2.45) is 5.92 Å². The molecule has 0 bridgehead atoms. The Bertz CT molecular complexity index is 749. The summed E-state index contributed by atoms with van der Waals surface area (Å²) in [5, 5.41) is 0. The topological polar surface area (TPSA) is 38.8 Å². The van der Waals surface area contributed by atoms with E-state index in [1.165, 1.54) is 0 Å². The van der Waals surface area contributed by atoms with Crippen LogP contribution in [0.3, 0.4) is 0 Å². The van der Waals surface area contributed by atoms with Gasteiger partial charge in [-0.05, 0) is 70.2 Å². The van der Waals surface area contributed by atoms with Crippen molar-refractivity contribution in [3.05, 3.63) is 71.8 Å². The third-order valence-corrected chi connectivity index (χ3v) is 7.77. The number of hydrogen-bond donors (Lipinski definition) is 0. The molecule has 164 valence electrons. The fourth-order valence-corrected chi connectivity index (χ4v) is 5.60. The van der Waals surface area contributed by atoms with Crippen LogP contribution < -0.4 is 0 Å². The van der Waals surface area contributed by atoms with Crippen LogP contribution in [0.4, 0.5) is 0 Å². The molecule has 1 saturated heterocycles. The fraction of sp³-hybridized carbons (Fsp3) is 0.520. The van der Waals surface area contributed by atoms with Crippen LogP contribution in [-0.4, -0.2) is 29.7 Å². The molecule has 0 radical (unpaired) electrons. The average Bonchev–Trinajstić information content (AvgIpc) is 2.76. The molecule has 3 rings (SSSR count). The molecule has 1 aliphatic heterocycles. The van der Waals surface area contributed by atoms with Crippen LogP contribution >= 0.6 is 7.60 Å². The number of hydrogen-bond acceptors (Lipinski definition) is 4. The highest BCUT2D eigenvalue weighted by Gasteiger charge is 2.30. The van der Waals surface area contributed by atoms with Gasteiger partial charge in [-0.1, -0.05) is 60.7 Å². The molecule has 1 fully saturated rings. The van der Waals surface area contributed by atoms with E-state index >= 15 is 0 Å². The number of piperidine rings is 1. The van der Waals surface area contributed by atoms with Gasteiger partial charge >= 0.3 is 7.60 Å². The first-order chi connectivity index (χ1) is 14.3. The third kappa shape index (κ3) is 7.35. The van der Waals surface area contributed by atoms with Gasteiger partial charge in [-0.3, -0.25) is 9.46 Å². The van der Waals surface area contributed by atoms with Gasteiger partial charge in [0.15, 0.2) is 0 Å². The predicted molar refractivity (Wildman–Crippen MR) is 124 cm³/mol. The zero-order valence-corrected chi connectivity index (χ0v) is 19.5. The molecule has 0 aromatic heterocycles. The van der Waals surface area contributed by atoms with Crippen LogP contribution in [0.15, 0.2) is 60.7 Å². The minimum Gasteiger partial charge on any atom is -0.304 e. The monoisotopic (exact) mass is 429 g/mol. The van der Waals surface area contributed by atoms with E-state index in [0.29, 0.717) is 25.3 Å². The maximum Gasteiger partial charge on any atom is 0.331 e. The molecule has 0 atom stereocenters. The van der Waals surface area contributed by atoms with Gasteiger partial charge in [-0.15, -0.1) is 0 Å². The lowest BCUT2D eigenvalue weighted by Gasteiger charge is -2.41. The van der Waals surface area contributed by atoms with Gasteiger partial charge < -0.3 is 9.05 Å². The summed E-state index contributed by atoms with van der Waals surface area (Å²) in [6.07, 6.45) is 3.66. The Morgan fingerprint density at radius 3 is 1.77 bits per heavy atom. The van der Waals surface area contributed by atoms with Gasteiger partial charge in [0.1, 0.15) is 0 Å². The van der Waals surface area contributed by atoms with Crippen molar-refractivity contribution in [1.82, 2.24) is 4.90 Å². The summed E-state index contributed by atoms with van der Waals surface area (Å²) in [5.41, 5.74) is 2.25. The summed E-state index contributed by atoms with van der Waals surface area (Å²) in [5.74, 6) is 0.581. The molecule has 1 aliphatic rings. The maximum absolute atomic E-state index is 13.6. The average molecular weight is 430 g/mol. The second-order valence-electron chi connectivity index (χ2n) is 9.24. The minimum absolute atomic E-state index is 0.220. The highest BCUT2D eigenvalue weighted by Crippen LogP contribution is 2.51. The lowest BCUT2D eigenvalue weighted by Crippen LogP contribution is -2.46. The Balaban J connectivity index is 1.57. The third-order valence-electron chi connectivity index (χ3n) is 5.92. The number of likely N-dealkylation sites (tertiary alicyclic amines) is 1. The largest absolute Gasteiger partial charge is 0.331 e. The maximum atomic E-state index is 13.6. The van der Waals surface area contributed by atoms with Gasteiger partial charge in [0.2, 0.25) is 0 Å². The molecular weight excluding hydrogens is 393 g/mol. The first-order valence-corrected chi connectivity index (χ1v) is 12.8. The van der Waals surface area contributed by atoms with E-state index in [2.05, 4.69) is 25.7 Å². The van der Waals surface area contributed by atoms with E-state index in [4.69, 9.17) is 9.05 Å². The van der Waals surface area contributed by atoms with E-state index in [1.807, 2.05) is 60.7 Å². The molecule has 0 amide bonds. The lowest BCUT2D eigenvalue weighted by atomic mass is 9.91. The zero-order valence-electron chi connectivity index (χ0n) is 18.6. The smallest absolute Gasteiger partial charge is 0.304 e.